The van der Waals surface area contributed by atoms with Gasteiger partial charge in [0.2, 0.25) is 0 Å². The molecule has 1 heterocycles. The van der Waals surface area contributed by atoms with Gasteiger partial charge in [-0.3, -0.25) is 0 Å². The number of nitrogen functional groups attached to an aromatic ring is 1. The summed E-state index contributed by atoms with van der Waals surface area (Å²) in [5.74, 6) is 0. The molecule has 2 N–H and O–H groups in total. The molecule has 0 amide bonds. The Morgan fingerprint density at radius 2 is 2.23 bits per heavy atom. The molecule has 0 aliphatic heterocycles. The first-order valence-electron chi connectivity index (χ1n) is 3.71. The van der Waals surface area contributed by atoms with Gasteiger partial charge in [0.05, 0.1) is 11.1 Å². The van der Waals surface area contributed by atoms with Crippen molar-refractivity contribution < 1.29 is 0 Å². The summed E-state index contributed by atoms with van der Waals surface area (Å²) in [6.45, 7) is 0. The van der Waals surface area contributed by atoms with Crippen LogP contribution in [0.3, 0.4) is 0 Å². The van der Waals surface area contributed by atoms with Crippen LogP contribution in [0.5, 0.6) is 0 Å². The van der Waals surface area contributed by atoms with E-state index in [2.05, 4.69) is 16.0 Å². The number of hydrogen-bond acceptors (Lipinski definition) is 4. The fourth-order valence-electron chi connectivity index (χ4n) is 1.19. The van der Waals surface area contributed by atoms with E-state index in [1.807, 2.05) is 0 Å². The Bertz CT molecular complexity index is 498. The summed E-state index contributed by atoms with van der Waals surface area (Å²) in [4.78, 5) is 7.85. The molecule has 0 atom stereocenters. The van der Waals surface area contributed by atoms with E-state index in [4.69, 9.17) is 11.0 Å². The zero-order valence-corrected chi connectivity index (χ0v) is 6.73. The largest absolute Gasteiger partial charge is 0.398 e. The summed E-state index contributed by atoms with van der Waals surface area (Å²) in [6, 6.07) is 5.39. The Morgan fingerprint density at radius 1 is 1.38 bits per heavy atom. The molecule has 2 aromatic rings. The van der Waals surface area contributed by atoms with E-state index in [0.717, 1.165) is 5.39 Å². The quantitative estimate of drug-likeness (QED) is 0.600. The molecule has 0 saturated heterocycles. The van der Waals surface area contributed by atoms with E-state index in [0.29, 0.717) is 16.8 Å². The molecular formula is C9H6N4. The van der Waals surface area contributed by atoms with Gasteiger partial charge in [-0.15, -0.1) is 0 Å². The highest BCUT2D eigenvalue weighted by Gasteiger charge is 2.03. The molecule has 13 heavy (non-hydrogen) atoms. The Morgan fingerprint density at radius 3 is 3.00 bits per heavy atom. The SMILES string of the molecule is N#Cc1ccc(N)c2cncnc12. The number of aromatic nitrogens is 2. The summed E-state index contributed by atoms with van der Waals surface area (Å²) in [7, 11) is 0. The Labute approximate surface area is 74.6 Å². The number of anilines is 1. The summed E-state index contributed by atoms with van der Waals surface area (Å²) in [6.07, 6.45) is 3.01. The summed E-state index contributed by atoms with van der Waals surface area (Å²) < 4.78 is 0. The smallest absolute Gasteiger partial charge is 0.116 e. The van der Waals surface area contributed by atoms with Crippen LogP contribution in [0.2, 0.25) is 0 Å². The van der Waals surface area contributed by atoms with Gasteiger partial charge in [-0.05, 0) is 12.1 Å². The first-order valence-corrected chi connectivity index (χ1v) is 3.71. The zero-order valence-electron chi connectivity index (χ0n) is 6.73. The lowest BCUT2D eigenvalue weighted by Gasteiger charge is -2.00. The summed E-state index contributed by atoms with van der Waals surface area (Å²) in [5, 5.41) is 9.50. The van der Waals surface area contributed by atoms with Gasteiger partial charge < -0.3 is 5.73 Å². The lowest BCUT2D eigenvalue weighted by atomic mass is 10.1. The maximum absolute atomic E-state index is 8.78. The molecule has 4 heteroatoms. The Kier molecular flexibility index (Phi) is 1.57. The van der Waals surface area contributed by atoms with E-state index >= 15 is 0 Å². The average Bonchev–Trinajstić information content (AvgIpc) is 2.19. The van der Waals surface area contributed by atoms with E-state index in [-0.39, 0.29) is 0 Å². The van der Waals surface area contributed by atoms with Crippen LogP contribution in [-0.4, -0.2) is 9.97 Å². The van der Waals surface area contributed by atoms with Crippen molar-refractivity contribution in [3.8, 4) is 6.07 Å². The van der Waals surface area contributed by atoms with E-state index in [1.165, 1.54) is 6.33 Å². The second-order valence-corrected chi connectivity index (χ2v) is 2.60. The zero-order chi connectivity index (χ0) is 9.26. The summed E-state index contributed by atoms with van der Waals surface area (Å²) in [5.41, 5.74) is 7.41. The van der Waals surface area contributed by atoms with Gasteiger partial charge in [-0.1, -0.05) is 0 Å². The second kappa shape index (κ2) is 2.72. The van der Waals surface area contributed by atoms with Crippen LogP contribution in [0.15, 0.2) is 24.7 Å². The number of benzene rings is 1. The van der Waals surface area contributed by atoms with Crippen LogP contribution in [-0.2, 0) is 0 Å². The molecule has 0 spiro atoms. The average molecular weight is 170 g/mol. The lowest BCUT2D eigenvalue weighted by molar-refractivity contribution is 1.22. The van der Waals surface area contributed by atoms with Crippen LogP contribution < -0.4 is 5.73 Å². The molecule has 1 aromatic heterocycles. The predicted molar refractivity (Wildman–Crippen MR) is 48.7 cm³/mol. The van der Waals surface area contributed by atoms with Crippen LogP contribution in [0.1, 0.15) is 5.56 Å². The first kappa shape index (κ1) is 7.50. The lowest BCUT2D eigenvalue weighted by Crippen LogP contribution is -1.91. The van der Waals surface area contributed by atoms with Crippen molar-refractivity contribution in [2.45, 2.75) is 0 Å². The van der Waals surface area contributed by atoms with E-state index in [1.54, 1.807) is 18.3 Å². The minimum absolute atomic E-state index is 0.520. The van der Waals surface area contributed by atoms with Gasteiger partial charge in [0.15, 0.2) is 0 Å². The molecular weight excluding hydrogens is 164 g/mol. The molecule has 0 fully saturated rings. The summed E-state index contributed by atoms with van der Waals surface area (Å²) >= 11 is 0. The molecule has 1 aromatic carbocycles. The number of nitrogens with two attached hydrogens (primary N) is 1. The van der Waals surface area contributed by atoms with Crippen LogP contribution in [0.25, 0.3) is 10.9 Å². The topological polar surface area (TPSA) is 75.6 Å². The molecule has 0 aliphatic rings. The maximum atomic E-state index is 8.78. The van der Waals surface area contributed by atoms with Crippen LogP contribution in [0, 0.1) is 11.3 Å². The molecule has 2 rings (SSSR count). The minimum atomic E-state index is 0.520. The van der Waals surface area contributed by atoms with Crippen molar-refractivity contribution in [3.05, 3.63) is 30.2 Å². The van der Waals surface area contributed by atoms with Gasteiger partial charge >= 0.3 is 0 Å². The van der Waals surface area contributed by atoms with Crippen molar-refractivity contribution in [2.24, 2.45) is 0 Å². The van der Waals surface area contributed by atoms with Gasteiger partial charge in [-0.25, -0.2) is 9.97 Å². The number of nitrogens with zero attached hydrogens (tertiary/aromatic N) is 3. The third-order valence-corrected chi connectivity index (χ3v) is 1.83. The van der Waals surface area contributed by atoms with E-state index < -0.39 is 0 Å². The molecule has 4 nitrogen and oxygen atoms in total. The maximum Gasteiger partial charge on any atom is 0.116 e. The molecule has 0 bridgehead atoms. The van der Waals surface area contributed by atoms with Crippen molar-refractivity contribution >= 4 is 16.6 Å². The number of fused-ring (bicyclic) bond motifs is 1. The van der Waals surface area contributed by atoms with Crippen LogP contribution in [0.4, 0.5) is 5.69 Å². The highest BCUT2D eigenvalue weighted by Crippen LogP contribution is 2.20. The van der Waals surface area contributed by atoms with E-state index in [9.17, 15) is 0 Å². The fraction of sp³-hybridized carbons (Fsp3) is 0. The van der Waals surface area contributed by atoms with Gasteiger partial charge in [0.25, 0.3) is 0 Å². The number of hydrogen-bond donors (Lipinski definition) is 1. The second-order valence-electron chi connectivity index (χ2n) is 2.60. The Balaban J connectivity index is 2.95. The first-order chi connectivity index (χ1) is 6.33. The highest BCUT2D eigenvalue weighted by molar-refractivity contribution is 5.92. The Hall–Kier alpha value is -2.15. The van der Waals surface area contributed by atoms with Crippen molar-refractivity contribution in [1.29, 1.82) is 5.26 Å². The third-order valence-electron chi connectivity index (χ3n) is 1.83. The molecule has 0 aliphatic carbocycles. The molecule has 62 valence electrons. The van der Waals surface area contributed by atoms with Crippen molar-refractivity contribution in [3.63, 3.8) is 0 Å². The molecule has 0 radical (unpaired) electrons. The number of rotatable bonds is 0. The number of nitriles is 1. The predicted octanol–water partition coefficient (Wildman–Crippen LogP) is 1.08. The molecule has 0 saturated carbocycles. The minimum Gasteiger partial charge on any atom is -0.398 e. The fourth-order valence-corrected chi connectivity index (χ4v) is 1.19. The van der Waals surface area contributed by atoms with Crippen molar-refractivity contribution in [1.82, 2.24) is 9.97 Å². The van der Waals surface area contributed by atoms with Gasteiger partial charge in [-0.2, -0.15) is 5.26 Å². The normalized spacial score (nSPS) is 9.77. The van der Waals surface area contributed by atoms with Gasteiger partial charge in [0, 0.05) is 17.3 Å². The monoisotopic (exact) mass is 170 g/mol. The highest BCUT2D eigenvalue weighted by atomic mass is 14.8. The molecule has 0 unspecified atom stereocenters. The standard InChI is InChI=1S/C9H6N4/c10-3-6-1-2-8(11)7-4-12-5-13-9(6)7/h1-2,4-5H,11H2. The van der Waals surface area contributed by atoms with Crippen LogP contribution >= 0.6 is 0 Å². The van der Waals surface area contributed by atoms with Crippen molar-refractivity contribution in [2.75, 3.05) is 5.73 Å². The third kappa shape index (κ3) is 1.07. The van der Waals surface area contributed by atoms with Gasteiger partial charge in [0.1, 0.15) is 12.4 Å².